The van der Waals surface area contributed by atoms with Crippen LogP contribution in [0.3, 0.4) is 0 Å². The second kappa shape index (κ2) is 6.27. The van der Waals surface area contributed by atoms with Crippen LogP contribution < -0.4 is 0 Å². The van der Waals surface area contributed by atoms with E-state index in [1.807, 2.05) is 0 Å². The SMILES string of the molecule is C=C(C(C)C)C(CC(C)C)C(C)CC. The van der Waals surface area contributed by atoms with Crippen LogP contribution in [0, 0.1) is 23.7 Å². The molecule has 0 fully saturated rings. The number of allylic oxidation sites excluding steroid dienone is 1. The molecular weight excluding hydrogens is 168 g/mol. The summed E-state index contributed by atoms with van der Waals surface area (Å²) in [5.41, 5.74) is 1.45. The molecule has 0 aromatic heterocycles. The molecule has 0 bridgehead atoms. The molecule has 84 valence electrons. The van der Waals surface area contributed by atoms with E-state index in [-0.39, 0.29) is 0 Å². The average Bonchev–Trinajstić information content (AvgIpc) is 2.11. The van der Waals surface area contributed by atoms with Crippen LogP contribution in [0.1, 0.15) is 54.4 Å². The lowest BCUT2D eigenvalue weighted by atomic mass is 9.77. The molecule has 0 rings (SSSR count). The van der Waals surface area contributed by atoms with Crippen molar-refractivity contribution in [3.63, 3.8) is 0 Å². The molecule has 2 unspecified atom stereocenters. The molecule has 2 atom stereocenters. The van der Waals surface area contributed by atoms with Crippen molar-refractivity contribution in [1.82, 2.24) is 0 Å². The minimum atomic E-state index is 0.632. The fourth-order valence-electron chi connectivity index (χ4n) is 1.97. The van der Waals surface area contributed by atoms with Crippen molar-refractivity contribution < 1.29 is 0 Å². The Hall–Kier alpha value is -0.260. The van der Waals surface area contributed by atoms with Gasteiger partial charge in [0, 0.05) is 0 Å². The number of hydrogen-bond donors (Lipinski definition) is 0. The summed E-state index contributed by atoms with van der Waals surface area (Å²) in [7, 11) is 0. The average molecular weight is 196 g/mol. The van der Waals surface area contributed by atoms with E-state index in [1.165, 1.54) is 18.4 Å². The minimum Gasteiger partial charge on any atom is -0.0993 e. The van der Waals surface area contributed by atoms with E-state index in [0.717, 1.165) is 17.8 Å². The van der Waals surface area contributed by atoms with Crippen LogP contribution >= 0.6 is 0 Å². The van der Waals surface area contributed by atoms with E-state index in [2.05, 4.69) is 48.1 Å². The summed E-state index contributed by atoms with van der Waals surface area (Å²) in [5, 5.41) is 0. The summed E-state index contributed by atoms with van der Waals surface area (Å²) in [6.07, 6.45) is 2.56. The van der Waals surface area contributed by atoms with Gasteiger partial charge in [0.05, 0.1) is 0 Å². The van der Waals surface area contributed by atoms with Crippen molar-refractivity contribution in [2.45, 2.75) is 54.4 Å². The molecular formula is C14H28. The molecule has 0 aromatic rings. The highest BCUT2D eigenvalue weighted by atomic mass is 14.3. The van der Waals surface area contributed by atoms with Gasteiger partial charge in [-0.3, -0.25) is 0 Å². The van der Waals surface area contributed by atoms with Gasteiger partial charge in [0.15, 0.2) is 0 Å². The van der Waals surface area contributed by atoms with Gasteiger partial charge in [-0.15, -0.1) is 0 Å². The van der Waals surface area contributed by atoms with Crippen LogP contribution in [-0.2, 0) is 0 Å². The Balaban J connectivity index is 4.46. The van der Waals surface area contributed by atoms with Crippen molar-refractivity contribution in [3.8, 4) is 0 Å². The normalized spacial score (nSPS) is 16.0. The second-order valence-electron chi connectivity index (χ2n) is 5.35. The van der Waals surface area contributed by atoms with Crippen LogP contribution in [0.25, 0.3) is 0 Å². The van der Waals surface area contributed by atoms with Crippen LogP contribution in [0.15, 0.2) is 12.2 Å². The number of rotatable bonds is 6. The Morgan fingerprint density at radius 1 is 1.07 bits per heavy atom. The van der Waals surface area contributed by atoms with E-state index >= 15 is 0 Å². The van der Waals surface area contributed by atoms with E-state index in [9.17, 15) is 0 Å². The molecule has 0 spiro atoms. The van der Waals surface area contributed by atoms with Gasteiger partial charge in [-0.05, 0) is 30.1 Å². The lowest BCUT2D eigenvalue weighted by Crippen LogP contribution is -2.18. The first-order valence-electron chi connectivity index (χ1n) is 6.08. The maximum Gasteiger partial charge on any atom is -0.0175 e. The van der Waals surface area contributed by atoms with Crippen molar-refractivity contribution in [2.24, 2.45) is 23.7 Å². The first-order valence-corrected chi connectivity index (χ1v) is 6.08. The van der Waals surface area contributed by atoms with Crippen LogP contribution in [0.2, 0.25) is 0 Å². The fraction of sp³-hybridized carbons (Fsp3) is 0.857. The third-order valence-electron chi connectivity index (χ3n) is 3.27. The smallest absolute Gasteiger partial charge is 0.0175 e. The van der Waals surface area contributed by atoms with Crippen LogP contribution in [0.5, 0.6) is 0 Å². The van der Waals surface area contributed by atoms with Gasteiger partial charge in [0.2, 0.25) is 0 Å². The first-order chi connectivity index (χ1) is 6.40. The van der Waals surface area contributed by atoms with E-state index < -0.39 is 0 Å². The Morgan fingerprint density at radius 3 is 1.86 bits per heavy atom. The highest BCUT2D eigenvalue weighted by Gasteiger charge is 2.21. The molecule has 0 nitrogen and oxygen atoms in total. The van der Waals surface area contributed by atoms with Crippen molar-refractivity contribution in [3.05, 3.63) is 12.2 Å². The minimum absolute atomic E-state index is 0.632. The predicted octanol–water partition coefficient (Wildman–Crippen LogP) is 4.91. The van der Waals surface area contributed by atoms with Gasteiger partial charge in [-0.1, -0.05) is 60.1 Å². The zero-order valence-electron chi connectivity index (χ0n) is 10.9. The summed E-state index contributed by atoms with van der Waals surface area (Å²) >= 11 is 0. The maximum atomic E-state index is 4.28. The number of hydrogen-bond acceptors (Lipinski definition) is 0. The summed E-state index contributed by atoms with van der Waals surface area (Å²) < 4.78 is 0. The van der Waals surface area contributed by atoms with Crippen molar-refractivity contribution in [2.75, 3.05) is 0 Å². The summed E-state index contributed by atoms with van der Waals surface area (Å²) in [5.74, 6) is 2.92. The molecule has 0 saturated heterocycles. The first kappa shape index (κ1) is 13.7. The second-order valence-corrected chi connectivity index (χ2v) is 5.35. The molecule has 14 heavy (non-hydrogen) atoms. The molecule has 0 heterocycles. The summed E-state index contributed by atoms with van der Waals surface area (Å²) in [6, 6.07) is 0. The Bertz CT molecular complexity index is 165. The van der Waals surface area contributed by atoms with Gasteiger partial charge in [0.1, 0.15) is 0 Å². The Labute approximate surface area is 90.8 Å². The van der Waals surface area contributed by atoms with Gasteiger partial charge in [-0.25, -0.2) is 0 Å². The highest BCUT2D eigenvalue weighted by Crippen LogP contribution is 2.32. The topological polar surface area (TPSA) is 0 Å². The molecule has 0 amide bonds. The third-order valence-corrected chi connectivity index (χ3v) is 3.27. The van der Waals surface area contributed by atoms with Gasteiger partial charge < -0.3 is 0 Å². The van der Waals surface area contributed by atoms with Gasteiger partial charge >= 0.3 is 0 Å². The third kappa shape index (κ3) is 4.30. The summed E-state index contributed by atoms with van der Waals surface area (Å²) in [4.78, 5) is 0. The largest absolute Gasteiger partial charge is 0.0993 e. The molecule has 0 saturated carbocycles. The van der Waals surface area contributed by atoms with E-state index in [1.54, 1.807) is 0 Å². The van der Waals surface area contributed by atoms with Crippen molar-refractivity contribution in [1.29, 1.82) is 0 Å². The van der Waals surface area contributed by atoms with Gasteiger partial charge in [-0.2, -0.15) is 0 Å². The Kier molecular flexibility index (Phi) is 6.15. The lowest BCUT2D eigenvalue weighted by molar-refractivity contribution is 0.318. The monoisotopic (exact) mass is 196 g/mol. The zero-order chi connectivity index (χ0) is 11.3. The summed E-state index contributed by atoms with van der Waals surface area (Å²) in [6.45, 7) is 18.1. The lowest BCUT2D eigenvalue weighted by Gasteiger charge is -2.29. The Morgan fingerprint density at radius 2 is 1.57 bits per heavy atom. The van der Waals surface area contributed by atoms with Gasteiger partial charge in [0.25, 0.3) is 0 Å². The molecule has 0 N–H and O–H groups in total. The van der Waals surface area contributed by atoms with E-state index in [0.29, 0.717) is 5.92 Å². The van der Waals surface area contributed by atoms with Crippen molar-refractivity contribution >= 4 is 0 Å². The molecule has 0 aromatic carbocycles. The highest BCUT2D eigenvalue weighted by molar-refractivity contribution is 5.05. The quantitative estimate of drug-likeness (QED) is 0.530. The molecule has 0 radical (unpaired) electrons. The fourth-order valence-corrected chi connectivity index (χ4v) is 1.97. The molecule has 0 heteroatoms. The van der Waals surface area contributed by atoms with E-state index in [4.69, 9.17) is 0 Å². The molecule has 0 aliphatic heterocycles. The zero-order valence-corrected chi connectivity index (χ0v) is 10.9. The van der Waals surface area contributed by atoms with Crippen LogP contribution in [-0.4, -0.2) is 0 Å². The predicted molar refractivity (Wildman–Crippen MR) is 66.4 cm³/mol. The van der Waals surface area contributed by atoms with Crippen LogP contribution in [0.4, 0.5) is 0 Å². The molecule has 0 aliphatic carbocycles. The standard InChI is InChI=1S/C14H28/c1-8-12(6)14(9-10(2)3)13(7)11(4)5/h10-12,14H,7-9H2,1-6H3. The molecule has 0 aliphatic rings. The maximum absolute atomic E-state index is 4.28.